The highest BCUT2D eigenvalue weighted by Crippen LogP contribution is 2.20. The maximum Gasteiger partial charge on any atom is 0.335 e. The predicted molar refractivity (Wildman–Crippen MR) is 80.4 cm³/mol. The van der Waals surface area contributed by atoms with E-state index >= 15 is 0 Å². The van der Waals surface area contributed by atoms with Crippen LogP contribution >= 0.6 is 0 Å². The molecule has 0 aliphatic carbocycles. The van der Waals surface area contributed by atoms with Crippen molar-refractivity contribution in [2.45, 2.75) is 4.90 Å². The molecule has 0 fully saturated rings. The number of rotatable bonds is 5. The number of nitrogens with one attached hydrogen (secondary N) is 1. The smallest absolute Gasteiger partial charge is 0.335 e. The van der Waals surface area contributed by atoms with Crippen LogP contribution in [-0.2, 0) is 14.8 Å². The standard InChI is InChI=1S/C15H13NO4S/c1-11(15(17)18)12-6-5-9-14(10-12)21(19,20)16-13-7-3-2-4-8-13/h2-10,16H,1H2,(H,17,18). The average Bonchev–Trinajstić information content (AvgIpc) is 2.47. The Morgan fingerprint density at radius 3 is 2.33 bits per heavy atom. The van der Waals surface area contributed by atoms with Crippen molar-refractivity contribution in [3.8, 4) is 0 Å². The summed E-state index contributed by atoms with van der Waals surface area (Å²) in [6, 6.07) is 14.1. The van der Waals surface area contributed by atoms with Gasteiger partial charge in [-0.25, -0.2) is 13.2 Å². The Morgan fingerprint density at radius 1 is 1.05 bits per heavy atom. The van der Waals surface area contributed by atoms with E-state index in [2.05, 4.69) is 11.3 Å². The fourth-order valence-electron chi connectivity index (χ4n) is 1.69. The summed E-state index contributed by atoms with van der Waals surface area (Å²) >= 11 is 0. The molecule has 0 saturated carbocycles. The lowest BCUT2D eigenvalue weighted by molar-refractivity contribution is -0.130. The van der Waals surface area contributed by atoms with Crippen molar-refractivity contribution in [2.24, 2.45) is 0 Å². The van der Waals surface area contributed by atoms with Gasteiger partial charge in [0.1, 0.15) is 0 Å². The van der Waals surface area contributed by atoms with E-state index in [1.807, 2.05) is 0 Å². The van der Waals surface area contributed by atoms with Gasteiger partial charge in [0.05, 0.1) is 10.5 Å². The maximum absolute atomic E-state index is 12.3. The van der Waals surface area contributed by atoms with Crippen LogP contribution in [0.1, 0.15) is 5.56 Å². The number of benzene rings is 2. The molecule has 0 radical (unpaired) electrons. The molecular formula is C15H13NO4S. The monoisotopic (exact) mass is 303 g/mol. The normalized spacial score (nSPS) is 10.9. The Hall–Kier alpha value is -2.60. The molecule has 0 atom stereocenters. The van der Waals surface area contributed by atoms with Crippen molar-refractivity contribution >= 4 is 27.3 Å². The van der Waals surface area contributed by atoms with Crippen LogP contribution in [-0.4, -0.2) is 19.5 Å². The molecule has 0 amide bonds. The lowest BCUT2D eigenvalue weighted by Crippen LogP contribution is -2.13. The summed E-state index contributed by atoms with van der Waals surface area (Å²) in [5, 5.41) is 8.90. The Bertz CT molecular complexity index is 782. The molecule has 0 saturated heterocycles. The molecule has 0 spiro atoms. The second-order valence-electron chi connectivity index (χ2n) is 4.28. The first-order chi connectivity index (χ1) is 9.90. The van der Waals surface area contributed by atoms with Crippen LogP contribution in [0.15, 0.2) is 66.1 Å². The Balaban J connectivity index is 2.35. The number of anilines is 1. The van der Waals surface area contributed by atoms with E-state index in [0.717, 1.165) is 0 Å². The number of carboxylic acids is 1. The van der Waals surface area contributed by atoms with Crippen LogP contribution in [0.4, 0.5) is 5.69 Å². The largest absolute Gasteiger partial charge is 0.478 e. The molecule has 2 aromatic rings. The zero-order chi connectivity index (χ0) is 15.5. The molecule has 5 nitrogen and oxygen atoms in total. The number of para-hydroxylation sites is 1. The van der Waals surface area contributed by atoms with E-state index in [4.69, 9.17) is 5.11 Å². The van der Waals surface area contributed by atoms with E-state index in [1.165, 1.54) is 24.3 Å². The third-order valence-electron chi connectivity index (χ3n) is 2.78. The lowest BCUT2D eigenvalue weighted by Gasteiger charge is -2.09. The summed E-state index contributed by atoms with van der Waals surface area (Å²) in [6.45, 7) is 3.42. The van der Waals surface area contributed by atoms with Gasteiger partial charge in [-0.2, -0.15) is 0 Å². The number of carboxylic acid groups (broad SMARTS) is 1. The fourth-order valence-corrected chi connectivity index (χ4v) is 2.80. The van der Waals surface area contributed by atoms with E-state index in [1.54, 1.807) is 30.3 Å². The molecule has 0 bridgehead atoms. The number of sulfonamides is 1. The predicted octanol–water partition coefficient (Wildman–Crippen LogP) is 2.59. The zero-order valence-corrected chi connectivity index (χ0v) is 11.8. The van der Waals surface area contributed by atoms with Gasteiger partial charge in [0.25, 0.3) is 10.0 Å². The summed E-state index contributed by atoms with van der Waals surface area (Å²) in [5.41, 5.74) is 0.519. The van der Waals surface area contributed by atoms with Gasteiger partial charge >= 0.3 is 5.97 Å². The van der Waals surface area contributed by atoms with E-state index in [-0.39, 0.29) is 16.0 Å². The summed E-state index contributed by atoms with van der Waals surface area (Å²) in [4.78, 5) is 10.9. The highest BCUT2D eigenvalue weighted by atomic mass is 32.2. The zero-order valence-electron chi connectivity index (χ0n) is 11.0. The number of hydrogen-bond acceptors (Lipinski definition) is 3. The highest BCUT2D eigenvalue weighted by Gasteiger charge is 2.16. The van der Waals surface area contributed by atoms with Crippen molar-refractivity contribution < 1.29 is 18.3 Å². The average molecular weight is 303 g/mol. The molecule has 0 aliphatic rings. The van der Waals surface area contributed by atoms with Crippen molar-refractivity contribution in [3.05, 3.63) is 66.7 Å². The topological polar surface area (TPSA) is 83.5 Å². The van der Waals surface area contributed by atoms with Crippen LogP contribution in [0, 0.1) is 0 Å². The molecule has 2 aromatic carbocycles. The van der Waals surface area contributed by atoms with Crippen LogP contribution in [0.2, 0.25) is 0 Å². The molecule has 2 N–H and O–H groups in total. The van der Waals surface area contributed by atoms with Crippen molar-refractivity contribution in [3.63, 3.8) is 0 Å². The van der Waals surface area contributed by atoms with Crippen molar-refractivity contribution in [2.75, 3.05) is 4.72 Å². The molecule has 21 heavy (non-hydrogen) atoms. The van der Waals surface area contributed by atoms with E-state index < -0.39 is 16.0 Å². The van der Waals surface area contributed by atoms with Crippen molar-refractivity contribution in [1.29, 1.82) is 0 Å². The number of carbonyl (C=O) groups is 1. The second kappa shape index (κ2) is 5.80. The molecule has 0 aromatic heterocycles. The first-order valence-electron chi connectivity index (χ1n) is 6.00. The van der Waals surface area contributed by atoms with Gasteiger partial charge in [-0.15, -0.1) is 0 Å². The lowest BCUT2D eigenvalue weighted by atomic mass is 10.1. The van der Waals surface area contributed by atoms with Gasteiger partial charge in [-0.05, 0) is 29.8 Å². The van der Waals surface area contributed by atoms with Gasteiger partial charge in [-0.1, -0.05) is 36.9 Å². The maximum atomic E-state index is 12.3. The van der Waals surface area contributed by atoms with Crippen LogP contribution in [0.25, 0.3) is 5.57 Å². The van der Waals surface area contributed by atoms with Gasteiger partial charge in [0.2, 0.25) is 0 Å². The third-order valence-corrected chi connectivity index (χ3v) is 4.16. The summed E-state index contributed by atoms with van der Waals surface area (Å²) in [7, 11) is -3.78. The quantitative estimate of drug-likeness (QED) is 0.832. The first-order valence-corrected chi connectivity index (χ1v) is 7.49. The minimum Gasteiger partial charge on any atom is -0.478 e. The molecule has 0 heterocycles. The molecule has 0 unspecified atom stereocenters. The Labute approximate surface area is 122 Å². The number of aliphatic carboxylic acids is 1. The van der Waals surface area contributed by atoms with Crippen LogP contribution < -0.4 is 4.72 Å². The SMILES string of the molecule is C=C(C(=O)O)c1cccc(S(=O)(=O)Nc2ccccc2)c1. The van der Waals surface area contributed by atoms with Gasteiger partial charge in [0, 0.05) is 5.69 Å². The van der Waals surface area contributed by atoms with E-state index in [9.17, 15) is 13.2 Å². The Morgan fingerprint density at radius 2 is 1.71 bits per heavy atom. The number of hydrogen-bond donors (Lipinski definition) is 2. The molecule has 6 heteroatoms. The summed E-state index contributed by atoms with van der Waals surface area (Å²) < 4.78 is 26.9. The molecule has 108 valence electrons. The third kappa shape index (κ3) is 3.49. The van der Waals surface area contributed by atoms with Crippen molar-refractivity contribution in [1.82, 2.24) is 0 Å². The summed E-state index contributed by atoms with van der Waals surface area (Å²) in [5.74, 6) is -1.19. The fraction of sp³-hybridized carbons (Fsp3) is 0. The van der Waals surface area contributed by atoms with E-state index in [0.29, 0.717) is 5.69 Å². The van der Waals surface area contributed by atoms with Gasteiger partial charge in [0.15, 0.2) is 0 Å². The minimum atomic E-state index is -3.78. The highest BCUT2D eigenvalue weighted by molar-refractivity contribution is 7.92. The van der Waals surface area contributed by atoms with Crippen LogP contribution in [0.5, 0.6) is 0 Å². The second-order valence-corrected chi connectivity index (χ2v) is 5.97. The first kappa shape index (κ1) is 14.8. The summed E-state index contributed by atoms with van der Waals surface area (Å²) in [6.07, 6.45) is 0. The molecule has 2 rings (SSSR count). The Kier molecular flexibility index (Phi) is 4.09. The molecule has 0 aliphatic heterocycles. The molecular weight excluding hydrogens is 290 g/mol. The van der Waals surface area contributed by atoms with Gasteiger partial charge in [-0.3, -0.25) is 4.72 Å². The van der Waals surface area contributed by atoms with Crippen LogP contribution in [0.3, 0.4) is 0 Å². The van der Waals surface area contributed by atoms with Gasteiger partial charge < -0.3 is 5.11 Å². The minimum absolute atomic E-state index is 0.0220.